The third kappa shape index (κ3) is 1.40. The molecule has 2 aromatic rings. The highest BCUT2D eigenvalue weighted by molar-refractivity contribution is 5.62. The van der Waals surface area contributed by atoms with Crippen molar-refractivity contribution >= 4 is 0 Å². The van der Waals surface area contributed by atoms with Gasteiger partial charge in [-0.2, -0.15) is 0 Å². The number of hydrogen-bond donors (Lipinski definition) is 0. The zero-order valence-electron chi connectivity index (χ0n) is 9.93. The van der Waals surface area contributed by atoms with E-state index >= 15 is 0 Å². The van der Waals surface area contributed by atoms with E-state index in [2.05, 4.69) is 14.8 Å². The summed E-state index contributed by atoms with van der Waals surface area (Å²) in [4.78, 5) is 0. The van der Waals surface area contributed by atoms with Gasteiger partial charge >= 0.3 is 0 Å². The monoisotopic (exact) mass is 243 g/mol. The zero-order chi connectivity index (χ0) is 11.9. The normalized spacial score (nSPS) is 16.7. The van der Waals surface area contributed by atoms with Gasteiger partial charge in [-0.1, -0.05) is 0 Å². The van der Waals surface area contributed by atoms with E-state index in [-0.39, 0.29) is 0 Å². The maximum Gasteiger partial charge on any atom is 0.231 e. The van der Waals surface area contributed by atoms with E-state index in [0.717, 1.165) is 41.7 Å². The second kappa shape index (κ2) is 3.73. The van der Waals surface area contributed by atoms with E-state index in [1.165, 1.54) is 12.8 Å². The predicted molar refractivity (Wildman–Crippen MR) is 64.5 cm³/mol. The van der Waals surface area contributed by atoms with E-state index in [1.54, 1.807) is 0 Å². The number of ether oxygens (including phenoxy) is 2. The number of rotatable bonds is 1. The van der Waals surface area contributed by atoms with Crippen LogP contribution < -0.4 is 9.47 Å². The fourth-order valence-corrected chi connectivity index (χ4v) is 2.56. The first-order chi connectivity index (χ1) is 8.92. The Bertz CT molecular complexity index is 606. The standard InChI is InChI=1S/C13H13N3O2/c1-2-6-16-12(3-1)14-15-13(16)9-4-5-10-11(7-9)18-8-17-10/h4-5,7H,1-3,6,8H2. The Balaban J connectivity index is 1.81. The summed E-state index contributed by atoms with van der Waals surface area (Å²) < 4.78 is 12.9. The molecular formula is C13H13N3O2. The lowest BCUT2D eigenvalue weighted by Gasteiger charge is -2.14. The van der Waals surface area contributed by atoms with Crippen molar-refractivity contribution in [2.24, 2.45) is 0 Å². The van der Waals surface area contributed by atoms with Crippen LogP contribution in [0, 0.1) is 0 Å². The number of hydrogen-bond acceptors (Lipinski definition) is 4. The third-order valence-corrected chi connectivity index (χ3v) is 3.49. The molecule has 0 fully saturated rings. The molecule has 0 spiro atoms. The predicted octanol–water partition coefficient (Wildman–Crippen LogP) is 2.01. The first-order valence-corrected chi connectivity index (χ1v) is 6.24. The quantitative estimate of drug-likeness (QED) is 0.768. The van der Waals surface area contributed by atoms with Gasteiger partial charge in [-0.05, 0) is 31.0 Å². The Morgan fingerprint density at radius 1 is 1.06 bits per heavy atom. The fourth-order valence-electron chi connectivity index (χ4n) is 2.56. The summed E-state index contributed by atoms with van der Waals surface area (Å²) in [6.07, 6.45) is 3.43. The highest BCUT2D eigenvalue weighted by Gasteiger charge is 2.19. The molecule has 5 nitrogen and oxygen atoms in total. The SMILES string of the molecule is c1cc2c(cc1-c1nnc3n1CCCC3)OCO2. The maximum atomic E-state index is 5.40. The third-order valence-electron chi connectivity index (χ3n) is 3.49. The summed E-state index contributed by atoms with van der Waals surface area (Å²) >= 11 is 0. The van der Waals surface area contributed by atoms with Gasteiger partial charge in [0.15, 0.2) is 17.3 Å². The molecule has 18 heavy (non-hydrogen) atoms. The van der Waals surface area contributed by atoms with Crippen LogP contribution in [0.3, 0.4) is 0 Å². The van der Waals surface area contributed by atoms with Gasteiger partial charge in [0, 0.05) is 18.5 Å². The van der Waals surface area contributed by atoms with Gasteiger partial charge in [0.1, 0.15) is 5.82 Å². The molecule has 4 rings (SSSR count). The van der Waals surface area contributed by atoms with Gasteiger partial charge in [-0.15, -0.1) is 10.2 Å². The van der Waals surface area contributed by atoms with E-state index in [1.807, 2.05) is 18.2 Å². The van der Waals surface area contributed by atoms with Crippen molar-refractivity contribution in [1.82, 2.24) is 14.8 Å². The molecule has 0 radical (unpaired) electrons. The summed E-state index contributed by atoms with van der Waals surface area (Å²) in [5, 5.41) is 8.58. The molecule has 0 atom stereocenters. The number of nitrogens with zero attached hydrogens (tertiary/aromatic N) is 3. The van der Waals surface area contributed by atoms with Gasteiger partial charge in [-0.25, -0.2) is 0 Å². The summed E-state index contributed by atoms with van der Waals surface area (Å²) in [5.41, 5.74) is 1.04. The lowest BCUT2D eigenvalue weighted by molar-refractivity contribution is 0.174. The average molecular weight is 243 g/mol. The Labute approximate surface area is 104 Å². The molecule has 0 N–H and O–H groups in total. The van der Waals surface area contributed by atoms with Crippen molar-refractivity contribution < 1.29 is 9.47 Å². The van der Waals surface area contributed by atoms with Crippen molar-refractivity contribution in [3.8, 4) is 22.9 Å². The molecule has 0 bridgehead atoms. The molecule has 1 aromatic carbocycles. The largest absolute Gasteiger partial charge is 0.454 e. The number of aromatic nitrogens is 3. The first kappa shape index (κ1) is 9.94. The van der Waals surface area contributed by atoms with Crippen molar-refractivity contribution in [3.63, 3.8) is 0 Å². The van der Waals surface area contributed by atoms with Crippen LogP contribution in [0.2, 0.25) is 0 Å². The zero-order valence-corrected chi connectivity index (χ0v) is 9.93. The number of fused-ring (bicyclic) bond motifs is 2. The second-order valence-corrected chi connectivity index (χ2v) is 4.62. The number of benzene rings is 1. The highest BCUT2D eigenvalue weighted by Crippen LogP contribution is 2.35. The van der Waals surface area contributed by atoms with Gasteiger partial charge in [0.25, 0.3) is 0 Å². The second-order valence-electron chi connectivity index (χ2n) is 4.62. The van der Waals surface area contributed by atoms with Crippen LogP contribution in [-0.2, 0) is 13.0 Å². The molecule has 0 saturated carbocycles. The smallest absolute Gasteiger partial charge is 0.231 e. The van der Waals surface area contributed by atoms with Crippen molar-refractivity contribution in [1.29, 1.82) is 0 Å². The van der Waals surface area contributed by atoms with E-state index in [0.29, 0.717) is 6.79 Å². The summed E-state index contributed by atoms with van der Waals surface area (Å²) in [6, 6.07) is 5.93. The first-order valence-electron chi connectivity index (χ1n) is 6.24. The van der Waals surface area contributed by atoms with Crippen molar-refractivity contribution in [2.75, 3.05) is 6.79 Å². The van der Waals surface area contributed by atoms with Gasteiger partial charge in [0.05, 0.1) is 0 Å². The molecule has 2 aliphatic heterocycles. The van der Waals surface area contributed by atoms with Crippen molar-refractivity contribution in [2.45, 2.75) is 25.8 Å². The van der Waals surface area contributed by atoms with Gasteiger partial charge in [-0.3, -0.25) is 0 Å². The minimum Gasteiger partial charge on any atom is -0.454 e. The Hall–Kier alpha value is -2.04. The van der Waals surface area contributed by atoms with Crippen LogP contribution in [-0.4, -0.2) is 21.6 Å². The minimum absolute atomic E-state index is 0.302. The maximum absolute atomic E-state index is 5.40. The van der Waals surface area contributed by atoms with Crippen LogP contribution in [0.4, 0.5) is 0 Å². The lowest BCUT2D eigenvalue weighted by atomic mass is 10.1. The van der Waals surface area contributed by atoms with Crippen LogP contribution in [0.15, 0.2) is 18.2 Å². The highest BCUT2D eigenvalue weighted by atomic mass is 16.7. The Morgan fingerprint density at radius 2 is 2.00 bits per heavy atom. The molecular weight excluding hydrogens is 230 g/mol. The molecule has 5 heteroatoms. The van der Waals surface area contributed by atoms with Gasteiger partial charge in [0.2, 0.25) is 6.79 Å². The Morgan fingerprint density at radius 3 is 3.00 bits per heavy atom. The lowest BCUT2D eigenvalue weighted by Crippen LogP contribution is -2.11. The molecule has 0 saturated heterocycles. The Kier molecular flexibility index (Phi) is 2.06. The van der Waals surface area contributed by atoms with Crippen LogP contribution >= 0.6 is 0 Å². The minimum atomic E-state index is 0.302. The summed E-state index contributed by atoms with van der Waals surface area (Å²) in [5.74, 6) is 3.62. The van der Waals surface area contributed by atoms with Gasteiger partial charge < -0.3 is 14.0 Å². The van der Waals surface area contributed by atoms with E-state index in [4.69, 9.17) is 9.47 Å². The molecule has 3 heterocycles. The number of aryl methyl sites for hydroxylation is 1. The molecule has 0 amide bonds. The fraction of sp³-hybridized carbons (Fsp3) is 0.385. The molecule has 1 aromatic heterocycles. The molecule has 0 unspecified atom stereocenters. The molecule has 92 valence electrons. The van der Waals surface area contributed by atoms with E-state index < -0.39 is 0 Å². The molecule has 0 aliphatic carbocycles. The van der Waals surface area contributed by atoms with Crippen LogP contribution in [0.5, 0.6) is 11.5 Å². The average Bonchev–Trinajstić information content (AvgIpc) is 3.04. The summed E-state index contributed by atoms with van der Waals surface area (Å²) in [6.45, 7) is 1.31. The van der Waals surface area contributed by atoms with Crippen molar-refractivity contribution in [3.05, 3.63) is 24.0 Å². The van der Waals surface area contributed by atoms with Crippen LogP contribution in [0.1, 0.15) is 18.7 Å². The van der Waals surface area contributed by atoms with E-state index in [9.17, 15) is 0 Å². The summed E-state index contributed by atoms with van der Waals surface area (Å²) in [7, 11) is 0. The topological polar surface area (TPSA) is 49.2 Å². The van der Waals surface area contributed by atoms with Crippen LogP contribution in [0.25, 0.3) is 11.4 Å². The molecule has 2 aliphatic rings.